The molecule has 10 nitrogen and oxygen atoms in total. The number of carbonyl (C=O) groups excluding carboxylic acids is 2. The molecule has 0 aliphatic carbocycles. The Hall–Kier alpha value is -1.44. The lowest BCUT2D eigenvalue weighted by Gasteiger charge is -2.30. The Kier molecular flexibility index (Phi) is 37.4. The highest BCUT2D eigenvalue weighted by Gasteiger charge is 2.31. The van der Waals surface area contributed by atoms with Crippen molar-refractivity contribution in [3.05, 3.63) is 0 Å². The van der Waals surface area contributed by atoms with Gasteiger partial charge in [0, 0.05) is 38.0 Å². The second kappa shape index (κ2) is 33.5. The summed E-state index contributed by atoms with van der Waals surface area (Å²) in [5, 5.41) is 11.5. The van der Waals surface area contributed by atoms with Crippen LogP contribution < -0.4 is 21.3 Å². The van der Waals surface area contributed by atoms with Crippen molar-refractivity contribution in [1.82, 2.24) is 21.3 Å². The predicted octanol–water partition coefficient (Wildman–Crippen LogP) is 5.23. The fraction of sp³-hybridized carbons (Fsp3) is 0.941. The van der Waals surface area contributed by atoms with Gasteiger partial charge in [-0.1, -0.05) is 69.2 Å². The zero-order valence-corrected chi connectivity index (χ0v) is 32.1. The second-order valence-electron chi connectivity index (χ2n) is 11.8. The van der Waals surface area contributed by atoms with Crippen molar-refractivity contribution >= 4 is 11.8 Å². The Morgan fingerprint density at radius 3 is 1.72 bits per heavy atom. The number of amides is 2. The summed E-state index contributed by atoms with van der Waals surface area (Å²) in [6.45, 7) is 31.9. The lowest BCUT2D eigenvalue weighted by Crippen LogP contribution is -2.45. The summed E-state index contributed by atoms with van der Waals surface area (Å²) in [6, 6.07) is 0.854. The Morgan fingerprint density at radius 2 is 1.24 bits per heavy atom. The van der Waals surface area contributed by atoms with Gasteiger partial charge in [0.15, 0.2) is 0 Å². The predicted molar refractivity (Wildman–Crippen MR) is 187 cm³/mol. The molecule has 0 aliphatic heterocycles. The van der Waals surface area contributed by atoms with E-state index in [1.165, 1.54) is 6.92 Å². The maximum Gasteiger partial charge on any atom is 0.222 e. The zero-order chi connectivity index (χ0) is 36.7. The molecular weight excluding hydrogens is 598 g/mol. The molecule has 0 aromatic rings. The van der Waals surface area contributed by atoms with Crippen LogP contribution in [0, 0.1) is 5.92 Å². The molecule has 280 valence electrons. The summed E-state index contributed by atoms with van der Waals surface area (Å²) in [6.07, 6.45) is -3.12. The highest BCUT2D eigenvalue weighted by molar-refractivity contribution is 5.77. The van der Waals surface area contributed by atoms with Gasteiger partial charge in [0.25, 0.3) is 0 Å². The summed E-state index contributed by atoms with van der Waals surface area (Å²) < 4.78 is 49.8. The molecule has 12 heteroatoms. The van der Waals surface area contributed by atoms with Gasteiger partial charge in [-0.15, -0.1) is 0 Å². The Morgan fingerprint density at radius 1 is 0.717 bits per heavy atom. The van der Waals surface area contributed by atoms with Crippen molar-refractivity contribution < 1.29 is 37.3 Å². The van der Waals surface area contributed by atoms with E-state index >= 15 is 0 Å². The third-order valence-corrected chi connectivity index (χ3v) is 5.94. The molecule has 0 aromatic heterocycles. The quantitative estimate of drug-likeness (QED) is 0.109. The minimum absolute atomic E-state index is 0.00804. The number of alkyl halides is 2. The van der Waals surface area contributed by atoms with Crippen molar-refractivity contribution in [2.24, 2.45) is 5.92 Å². The van der Waals surface area contributed by atoms with Gasteiger partial charge >= 0.3 is 0 Å². The van der Waals surface area contributed by atoms with E-state index in [-0.39, 0.29) is 43.5 Å². The molecule has 0 rings (SSSR count). The average Bonchev–Trinajstić information content (AvgIpc) is 3.00. The first-order valence-electron chi connectivity index (χ1n) is 17.2. The van der Waals surface area contributed by atoms with Crippen molar-refractivity contribution in [1.29, 1.82) is 0 Å². The minimum Gasteiger partial charge on any atom is -0.378 e. The topological polar surface area (TPSA) is 119 Å². The molecule has 0 bridgehead atoms. The molecular formula is C34H74F2N4O6. The number of ether oxygens (including phenoxy) is 4. The molecule has 4 N–H and O–H groups in total. The summed E-state index contributed by atoms with van der Waals surface area (Å²) in [5.41, 5.74) is -0.999. The van der Waals surface area contributed by atoms with Crippen LogP contribution in [0.15, 0.2) is 0 Å². The molecule has 46 heavy (non-hydrogen) atoms. The molecule has 0 saturated heterocycles. The van der Waals surface area contributed by atoms with E-state index in [1.54, 1.807) is 34.6 Å². The lowest BCUT2D eigenvalue weighted by molar-refractivity contribution is -0.127. The van der Waals surface area contributed by atoms with Crippen molar-refractivity contribution in [2.45, 2.75) is 146 Å². The van der Waals surface area contributed by atoms with E-state index in [9.17, 15) is 18.4 Å². The average molecular weight is 673 g/mol. The van der Waals surface area contributed by atoms with Crippen molar-refractivity contribution in [2.75, 3.05) is 59.2 Å². The molecule has 0 saturated carbocycles. The van der Waals surface area contributed by atoms with Gasteiger partial charge in [-0.05, 0) is 27.7 Å². The smallest absolute Gasteiger partial charge is 0.222 e. The lowest BCUT2D eigenvalue weighted by atomic mass is 10.0. The molecule has 2 amide bonds. The first-order valence-corrected chi connectivity index (χ1v) is 17.2. The van der Waals surface area contributed by atoms with Gasteiger partial charge in [-0.3, -0.25) is 9.59 Å². The largest absolute Gasteiger partial charge is 0.378 e. The summed E-state index contributed by atoms with van der Waals surface area (Å²) in [7, 11) is 0. The maximum atomic E-state index is 14.3. The SMILES string of the molecule is CC.CC.CC(=O)NCC(F)C(C)OCCNC(C)C.CC(C)NCCOCCOC(C)COC(C)(C)C(F)CNC(=O)C(C)C. The van der Waals surface area contributed by atoms with Gasteiger partial charge in [-0.25, -0.2) is 8.78 Å². The van der Waals surface area contributed by atoms with Gasteiger partial charge in [0.05, 0.1) is 63.9 Å². The molecule has 0 aromatic carbocycles. The van der Waals surface area contributed by atoms with E-state index in [1.807, 2.05) is 48.5 Å². The zero-order valence-electron chi connectivity index (χ0n) is 32.1. The van der Waals surface area contributed by atoms with Crippen LogP contribution in [-0.2, 0) is 28.5 Å². The molecule has 0 radical (unpaired) electrons. The highest BCUT2D eigenvalue weighted by atomic mass is 19.1. The van der Waals surface area contributed by atoms with Gasteiger partial charge < -0.3 is 40.2 Å². The second-order valence-corrected chi connectivity index (χ2v) is 11.8. The third-order valence-electron chi connectivity index (χ3n) is 5.94. The number of halogens is 2. The van der Waals surface area contributed by atoms with E-state index in [2.05, 4.69) is 35.1 Å². The Bertz CT molecular complexity index is 688. The molecule has 0 fully saturated rings. The number of carbonyl (C=O) groups is 2. The van der Waals surface area contributed by atoms with Crippen LogP contribution >= 0.6 is 0 Å². The fourth-order valence-corrected chi connectivity index (χ4v) is 3.04. The standard InChI is InChI=1S/C19H39FN2O4.C11H23FN2O2.2C2H6/c1-14(2)18(23)22-12-17(20)19(6,7)26-13-16(5)25-11-10-24-9-8-21-15(3)4;1-8(2)13-5-6-16-9(3)11(12)7-14-10(4)15;2*1-2/h14-17,21H,8-13H2,1-7H3,(H,22,23);8-9,11,13H,5-7H2,1-4H3,(H,14,15);2*1-2H3. The molecule has 4 unspecified atom stereocenters. The van der Waals surface area contributed by atoms with Crippen LogP contribution in [0.1, 0.15) is 104 Å². The van der Waals surface area contributed by atoms with Crippen molar-refractivity contribution in [3.8, 4) is 0 Å². The van der Waals surface area contributed by atoms with Gasteiger partial charge in [0.1, 0.15) is 12.3 Å². The molecule has 0 spiro atoms. The van der Waals surface area contributed by atoms with Crippen molar-refractivity contribution in [3.63, 3.8) is 0 Å². The minimum atomic E-state index is -1.30. The first-order chi connectivity index (χ1) is 21.5. The Labute approximate surface area is 281 Å². The van der Waals surface area contributed by atoms with Crippen LogP contribution in [0.2, 0.25) is 0 Å². The van der Waals surface area contributed by atoms with Crippen LogP contribution in [-0.4, -0.2) is 113 Å². The number of hydrogen-bond acceptors (Lipinski definition) is 8. The third kappa shape index (κ3) is 35.4. The van der Waals surface area contributed by atoms with E-state index in [0.717, 1.165) is 6.54 Å². The molecule has 0 aliphatic rings. The number of nitrogens with one attached hydrogen (secondary N) is 4. The van der Waals surface area contributed by atoms with E-state index < -0.39 is 24.0 Å². The van der Waals surface area contributed by atoms with Crippen LogP contribution in [0.25, 0.3) is 0 Å². The van der Waals surface area contributed by atoms with Crippen LogP contribution in [0.3, 0.4) is 0 Å². The van der Waals surface area contributed by atoms with Crippen LogP contribution in [0.5, 0.6) is 0 Å². The maximum absolute atomic E-state index is 14.3. The molecule has 4 atom stereocenters. The number of rotatable bonds is 23. The summed E-state index contributed by atoms with van der Waals surface area (Å²) >= 11 is 0. The van der Waals surface area contributed by atoms with E-state index in [0.29, 0.717) is 45.1 Å². The summed E-state index contributed by atoms with van der Waals surface area (Å²) in [4.78, 5) is 22.1. The van der Waals surface area contributed by atoms with Gasteiger partial charge in [-0.2, -0.15) is 0 Å². The normalized spacial score (nSPS) is 13.7. The number of hydrogen-bond donors (Lipinski definition) is 4. The summed E-state index contributed by atoms with van der Waals surface area (Å²) in [5.74, 6) is -0.553. The molecule has 0 heterocycles. The fourth-order valence-electron chi connectivity index (χ4n) is 3.04. The first kappa shape index (κ1) is 51.4. The Balaban J connectivity index is -0.000000377. The van der Waals surface area contributed by atoms with E-state index in [4.69, 9.17) is 18.9 Å². The van der Waals surface area contributed by atoms with Gasteiger partial charge in [0.2, 0.25) is 11.8 Å². The van der Waals surface area contributed by atoms with Crippen LogP contribution in [0.4, 0.5) is 8.78 Å². The monoisotopic (exact) mass is 673 g/mol. The highest BCUT2D eigenvalue weighted by Crippen LogP contribution is 2.18.